The third-order valence-corrected chi connectivity index (χ3v) is 5.52. The Morgan fingerprint density at radius 3 is 1.22 bits per heavy atom. The molecule has 0 radical (unpaired) electrons. The smallest absolute Gasteiger partial charge is 0.274 e. The number of hydrogen-bond acceptors (Lipinski definition) is 4. The fourth-order valence-corrected chi connectivity index (χ4v) is 3.82. The van der Waals surface area contributed by atoms with Crippen molar-refractivity contribution >= 4 is 11.7 Å². The highest BCUT2D eigenvalue weighted by Crippen LogP contribution is 2.21. The number of nitrogens with zero attached hydrogens (tertiary/aromatic N) is 2. The lowest BCUT2D eigenvalue weighted by atomic mass is 10.1. The number of halogens is 2. The number of rotatable bonds is 4. The molecule has 0 fully saturated rings. The lowest BCUT2D eigenvalue weighted by molar-refractivity contribution is -0.463. The first-order valence-electron chi connectivity index (χ1n) is 10.6. The van der Waals surface area contributed by atoms with Gasteiger partial charge in [0.05, 0.1) is 48.7 Å². The van der Waals surface area contributed by atoms with Gasteiger partial charge in [-0.2, -0.15) is 0 Å². The number of hydrogen-bond donors (Lipinski definition) is 4. The first-order chi connectivity index (χ1) is 14.9. The molecule has 8 heteroatoms. The molecule has 0 saturated carbocycles. The summed E-state index contributed by atoms with van der Waals surface area (Å²) in [6.07, 6.45) is 2.30. The van der Waals surface area contributed by atoms with Crippen LogP contribution in [0.2, 0.25) is 0 Å². The van der Waals surface area contributed by atoms with Gasteiger partial charge in [0.15, 0.2) is 0 Å². The van der Waals surface area contributed by atoms with Crippen LogP contribution < -0.4 is 45.4 Å². The molecule has 3 heterocycles. The van der Waals surface area contributed by atoms with Gasteiger partial charge in [0.2, 0.25) is 0 Å². The molecule has 2 aliphatic heterocycles. The molecular weight excluding hydrogens is 443 g/mol. The quantitative estimate of drug-likeness (QED) is 0.307. The number of amidine groups is 2. The lowest BCUT2D eigenvalue weighted by Crippen LogP contribution is -3.00. The molecule has 4 N–H and O–H groups in total. The molecule has 2 aliphatic rings. The fraction of sp³-hybridized carbons (Fsp3) is 0.250. The van der Waals surface area contributed by atoms with Gasteiger partial charge in [-0.05, 0) is 36.4 Å². The van der Waals surface area contributed by atoms with E-state index in [1.54, 1.807) is 0 Å². The Hall–Kier alpha value is -2.96. The molecule has 0 unspecified atom stereocenters. The molecule has 0 saturated heterocycles. The van der Waals surface area contributed by atoms with Crippen molar-refractivity contribution in [2.45, 2.75) is 12.8 Å². The number of aromatic nitrogens is 2. The predicted octanol–water partition coefficient (Wildman–Crippen LogP) is -6.54. The average Bonchev–Trinajstić information content (AvgIpc) is 2.85. The van der Waals surface area contributed by atoms with Crippen molar-refractivity contribution in [1.82, 2.24) is 20.8 Å². The van der Waals surface area contributed by atoms with E-state index in [1.165, 1.54) is 11.1 Å². The second kappa shape index (κ2) is 11.1. The molecule has 0 aliphatic carbocycles. The van der Waals surface area contributed by atoms with E-state index < -0.39 is 0 Å². The van der Waals surface area contributed by atoms with E-state index in [0.29, 0.717) is 0 Å². The van der Waals surface area contributed by atoms with Crippen molar-refractivity contribution in [3.8, 4) is 22.5 Å². The Kier molecular flexibility index (Phi) is 8.20. The zero-order valence-corrected chi connectivity index (χ0v) is 19.2. The highest BCUT2D eigenvalue weighted by Gasteiger charge is 2.15. The second-order valence-corrected chi connectivity index (χ2v) is 7.62. The SMILES string of the molecule is [Cl-].[Cl-].c1cc(-c2ccc(-c3ccc(C4=[NH+]CCCN4)cc3)nn2)ccc1C1=[NH+]CCCN1. The molecular formula is C24H26Cl2N6. The monoisotopic (exact) mass is 468 g/mol. The first kappa shape index (κ1) is 23.7. The van der Waals surface area contributed by atoms with E-state index >= 15 is 0 Å². The summed E-state index contributed by atoms with van der Waals surface area (Å²) in [4.78, 5) is 6.83. The van der Waals surface area contributed by atoms with Gasteiger partial charge >= 0.3 is 0 Å². The summed E-state index contributed by atoms with van der Waals surface area (Å²) in [5, 5.41) is 15.8. The number of benzene rings is 2. The zero-order chi connectivity index (χ0) is 20.2. The summed E-state index contributed by atoms with van der Waals surface area (Å²) >= 11 is 0. The van der Waals surface area contributed by atoms with Crippen LogP contribution in [-0.2, 0) is 0 Å². The van der Waals surface area contributed by atoms with Gasteiger partial charge in [0.25, 0.3) is 11.7 Å². The van der Waals surface area contributed by atoms with Crippen LogP contribution in [0, 0.1) is 0 Å². The van der Waals surface area contributed by atoms with Crippen LogP contribution in [0.3, 0.4) is 0 Å². The fourth-order valence-electron chi connectivity index (χ4n) is 3.82. The Balaban J connectivity index is 0.00000144. The van der Waals surface area contributed by atoms with Crippen LogP contribution in [0.15, 0.2) is 60.7 Å². The summed E-state index contributed by atoms with van der Waals surface area (Å²) < 4.78 is 0. The van der Waals surface area contributed by atoms with E-state index in [9.17, 15) is 0 Å². The van der Waals surface area contributed by atoms with Crippen molar-refractivity contribution in [3.05, 3.63) is 71.8 Å². The summed E-state index contributed by atoms with van der Waals surface area (Å²) in [7, 11) is 0. The molecule has 2 aromatic carbocycles. The van der Waals surface area contributed by atoms with E-state index in [0.717, 1.165) is 73.2 Å². The minimum Gasteiger partial charge on any atom is -1.00 e. The van der Waals surface area contributed by atoms with E-state index in [1.807, 2.05) is 12.1 Å². The molecule has 32 heavy (non-hydrogen) atoms. The normalized spacial score (nSPS) is 15.1. The van der Waals surface area contributed by atoms with Crippen LogP contribution in [0.5, 0.6) is 0 Å². The van der Waals surface area contributed by atoms with Crippen LogP contribution >= 0.6 is 0 Å². The van der Waals surface area contributed by atoms with E-state index in [4.69, 9.17) is 0 Å². The lowest BCUT2D eigenvalue weighted by Gasteiger charge is -2.09. The maximum Gasteiger partial charge on any atom is 0.274 e. The Bertz CT molecular complexity index is 988. The molecule has 0 atom stereocenters. The van der Waals surface area contributed by atoms with Gasteiger partial charge in [-0.1, -0.05) is 24.3 Å². The van der Waals surface area contributed by atoms with E-state index in [2.05, 4.69) is 79.3 Å². The summed E-state index contributed by atoms with van der Waals surface area (Å²) in [5.74, 6) is 2.21. The molecule has 166 valence electrons. The molecule has 0 spiro atoms. The van der Waals surface area contributed by atoms with Gasteiger partial charge in [-0.15, -0.1) is 10.2 Å². The maximum absolute atomic E-state index is 4.46. The highest BCUT2D eigenvalue weighted by molar-refractivity contribution is 5.95. The summed E-state index contributed by atoms with van der Waals surface area (Å²) in [6.45, 7) is 4.07. The van der Waals surface area contributed by atoms with Crippen molar-refractivity contribution in [2.24, 2.45) is 0 Å². The van der Waals surface area contributed by atoms with Gasteiger partial charge in [-0.25, -0.2) is 0 Å². The Morgan fingerprint density at radius 1 is 0.531 bits per heavy atom. The topological polar surface area (TPSA) is 77.8 Å². The second-order valence-electron chi connectivity index (χ2n) is 7.62. The third-order valence-electron chi connectivity index (χ3n) is 5.52. The molecule has 5 rings (SSSR count). The summed E-state index contributed by atoms with van der Waals surface area (Å²) in [5.41, 5.74) is 6.22. The molecule has 0 bridgehead atoms. The van der Waals surface area contributed by atoms with Crippen molar-refractivity contribution in [3.63, 3.8) is 0 Å². The third kappa shape index (κ3) is 5.26. The highest BCUT2D eigenvalue weighted by atomic mass is 35.5. The minimum absolute atomic E-state index is 0. The standard InChI is InChI=1S/C24H24N6.2ClH/c1-13-25-23(26-14-1)19-7-3-17(4-8-19)21-11-12-22(30-29-21)18-5-9-20(10-6-18)24-27-15-2-16-28-24;;/h3-12H,1-2,13-16H2,(H,25,26)(H,27,28);2*1H. The average molecular weight is 469 g/mol. The zero-order valence-electron chi connectivity index (χ0n) is 17.7. The van der Waals surface area contributed by atoms with Gasteiger partial charge in [0, 0.05) is 24.0 Å². The molecule has 3 aromatic rings. The number of nitrogens with one attached hydrogen (secondary N) is 4. The summed E-state index contributed by atoms with van der Waals surface area (Å²) in [6, 6.07) is 20.9. The van der Waals surface area contributed by atoms with Gasteiger partial charge < -0.3 is 24.8 Å². The largest absolute Gasteiger partial charge is 1.00 e. The van der Waals surface area contributed by atoms with Crippen molar-refractivity contribution in [1.29, 1.82) is 0 Å². The van der Waals surface area contributed by atoms with Crippen LogP contribution in [-0.4, -0.2) is 48.0 Å². The predicted molar refractivity (Wildman–Crippen MR) is 118 cm³/mol. The van der Waals surface area contributed by atoms with Crippen LogP contribution in [0.25, 0.3) is 22.5 Å². The van der Waals surface area contributed by atoms with Crippen LogP contribution in [0.4, 0.5) is 0 Å². The Morgan fingerprint density at radius 2 is 0.906 bits per heavy atom. The maximum atomic E-state index is 4.46. The molecule has 0 amide bonds. The molecule has 1 aromatic heterocycles. The van der Waals surface area contributed by atoms with Crippen molar-refractivity contribution < 1.29 is 34.8 Å². The van der Waals surface area contributed by atoms with Gasteiger partial charge in [-0.3, -0.25) is 20.6 Å². The van der Waals surface area contributed by atoms with Gasteiger partial charge in [0.1, 0.15) is 0 Å². The minimum atomic E-state index is 0. The van der Waals surface area contributed by atoms with Crippen LogP contribution in [0.1, 0.15) is 24.0 Å². The first-order valence-corrected chi connectivity index (χ1v) is 10.6. The van der Waals surface area contributed by atoms with Crippen molar-refractivity contribution in [2.75, 3.05) is 26.2 Å². The molecule has 6 nitrogen and oxygen atoms in total. The Labute approximate surface area is 200 Å². The van der Waals surface area contributed by atoms with E-state index in [-0.39, 0.29) is 24.8 Å².